The summed E-state index contributed by atoms with van der Waals surface area (Å²) in [5.41, 5.74) is 1.89. The van der Waals surface area contributed by atoms with Gasteiger partial charge in [0.1, 0.15) is 5.82 Å². The summed E-state index contributed by atoms with van der Waals surface area (Å²) in [5.74, 6) is 1.38. The monoisotopic (exact) mass is 347 g/mol. The molecule has 0 bridgehead atoms. The number of pyridine rings is 2. The molecule has 0 radical (unpaired) electrons. The maximum absolute atomic E-state index is 12.8. The predicted molar refractivity (Wildman–Crippen MR) is 97.7 cm³/mol. The number of imidazole rings is 1. The van der Waals surface area contributed by atoms with Crippen LogP contribution >= 0.6 is 0 Å². The average molecular weight is 347 g/mol. The first kappa shape index (κ1) is 16.4. The molecule has 4 rings (SSSR count). The van der Waals surface area contributed by atoms with E-state index in [2.05, 4.69) is 19.5 Å². The summed E-state index contributed by atoms with van der Waals surface area (Å²) in [6.45, 7) is 2.27. The fourth-order valence-electron chi connectivity index (χ4n) is 3.55. The Morgan fingerprint density at radius 1 is 1.04 bits per heavy atom. The first-order valence-corrected chi connectivity index (χ1v) is 8.90. The van der Waals surface area contributed by atoms with Crippen molar-refractivity contribution in [2.45, 2.75) is 25.3 Å². The number of piperidine rings is 1. The van der Waals surface area contributed by atoms with Gasteiger partial charge in [-0.15, -0.1) is 0 Å². The van der Waals surface area contributed by atoms with Gasteiger partial charge in [-0.3, -0.25) is 14.8 Å². The Bertz CT molecular complexity index is 862. The Balaban J connectivity index is 1.50. The maximum Gasteiger partial charge on any atom is 0.253 e. The van der Waals surface area contributed by atoms with Crippen LogP contribution in [0.1, 0.15) is 40.5 Å². The van der Waals surface area contributed by atoms with Crippen LogP contribution in [0.4, 0.5) is 0 Å². The van der Waals surface area contributed by atoms with Crippen molar-refractivity contribution in [3.63, 3.8) is 0 Å². The maximum atomic E-state index is 12.8. The van der Waals surface area contributed by atoms with Crippen molar-refractivity contribution in [1.29, 1.82) is 0 Å². The summed E-state index contributed by atoms with van der Waals surface area (Å²) >= 11 is 0. The quantitative estimate of drug-likeness (QED) is 0.728. The van der Waals surface area contributed by atoms with E-state index in [-0.39, 0.29) is 11.8 Å². The Morgan fingerprint density at radius 2 is 1.77 bits per heavy atom. The highest BCUT2D eigenvalue weighted by molar-refractivity contribution is 5.94. The highest BCUT2D eigenvalue weighted by Gasteiger charge is 2.28. The van der Waals surface area contributed by atoms with Crippen molar-refractivity contribution >= 4 is 5.91 Å². The van der Waals surface area contributed by atoms with Crippen LogP contribution in [-0.2, 0) is 6.54 Å². The summed E-state index contributed by atoms with van der Waals surface area (Å²) in [7, 11) is 0. The van der Waals surface area contributed by atoms with E-state index in [1.807, 2.05) is 41.8 Å². The molecule has 0 aromatic carbocycles. The Labute approximate surface area is 152 Å². The summed E-state index contributed by atoms with van der Waals surface area (Å²) in [5, 5.41) is 0. The highest BCUT2D eigenvalue weighted by atomic mass is 16.2. The average Bonchev–Trinajstić information content (AvgIpc) is 3.17. The number of rotatable bonds is 4. The van der Waals surface area contributed by atoms with E-state index in [4.69, 9.17) is 0 Å². The predicted octanol–water partition coefficient (Wildman–Crippen LogP) is 2.74. The molecule has 1 aliphatic heterocycles. The topological polar surface area (TPSA) is 63.9 Å². The molecule has 4 heterocycles. The van der Waals surface area contributed by atoms with Gasteiger partial charge in [-0.05, 0) is 42.7 Å². The molecule has 0 spiro atoms. The number of hydrogen-bond acceptors (Lipinski definition) is 4. The lowest BCUT2D eigenvalue weighted by atomic mass is 9.96. The van der Waals surface area contributed by atoms with Crippen LogP contribution in [-0.4, -0.2) is 43.4 Å². The van der Waals surface area contributed by atoms with E-state index in [0.29, 0.717) is 12.1 Å². The normalized spacial score (nSPS) is 17.2. The summed E-state index contributed by atoms with van der Waals surface area (Å²) < 4.78 is 2.18. The second-order valence-corrected chi connectivity index (χ2v) is 6.60. The largest absolute Gasteiger partial charge is 0.338 e. The molecule has 0 N–H and O–H groups in total. The van der Waals surface area contributed by atoms with Crippen LogP contribution in [0.15, 0.2) is 61.4 Å². The summed E-state index contributed by atoms with van der Waals surface area (Å²) in [4.78, 5) is 27.4. The minimum Gasteiger partial charge on any atom is -0.338 e. The molecule has 26 heavy (non-hydrogen) atoms. The third-order valence-corrected chi connectivity index (χ3v) is 4.85. The van der Waals surface area contributed by atoms with Gasteiger partial charge in [-0.25, -0.2) is 4.98 Å². The standard InChI is InChI=1S/C20H21N5O/c26-20(17-5-9-22-10-6-17)25-12-1-2-18(15-25)19-23-11-13-24(19)14-16-3-7-21-8-4-16/h3-11,13,18H,1-2,12,14-15H2/t18-/m0/s1. The van der Waals surface area contributed by atoms with Crippen LogP contribution in [0.25, 0.3) is 0 Å². The molecule has 1 atom stereocenters. The molecule has 6 nitrogen and oxygen atoms in total. The van der Waals surface area contributed by atoms with Crippen LogP contribution in [0, 0.1) is 0 Å². The number of carbonyl (C=O) groups is 1. The van der Waals surface area contributed by atoms with Gasteiger partial charge < -0.3 is 9.47 Å². The molecule has 1 saturated heterocycles. The number of carbonyl (C=O) groups excluding carboxylic acids is 1. The molecule has 0 saturated carbocycles. The first-order valence-electron chi connectivity index (χ1n) is 8.90. The van der Waals surface area contributed by atoms with Gasteiger partial charge in [0.15, 0.2) is 0 Å². The fourth-order valence-corrected chi connectivity index (χ4v) is 3.55. The van der Waals surface area contributed by atoms with E-state index in [0.717, 1.165) is 31.8 Å². The smallest absolute Gasteiger partial charge is 0.253 e. The number of nitrogens with zero attached hydrogens (tertiary/aromatic N) is 5. The molecule has 0 unspecified atom stereocenters. The van der Waals surface area contributed by atoms with Crippen molar-refractivity contribution in [3.05, 3.63) is 78.4 Å². The van der Waals surface area contributed by atoms with Gasteiger partial charge in [0.25, 0.3) is 5.91 Å². The van der Waals surface area contributed by atoms with E-state index < -0.39 is 0 Å². The molecular formula is C20H21N5O. The minimum absolute atomic E-state index is 0.0735. The van der Waals surface area contributed by atoms with Gasteiger partial charge in [0.2, 0.25) is 0 Å². The minimum atomic E-state index is 0.0735. The zero-order chi connectivity index (χ0) is 17.8. The van der Waals surface area contributed by atoms with Crippen molar-refractivity contribution in [2.24, 2.45) is 0 Å². The van der Waals surface area contributed by atoms with Crippen molar-refractivity contribution < 1.29 is 4.79 Å². The van der Waals surface area contributed by atoms with E-state index >= 15 is 0 Å². The third kappa shape index (κ3) is 3.49. The van der Waals surface area contributed by atoms with Gasteiger partial charge in [-0.1, -0.05) is 0 Å². The van der Waals surface area contributed by atoms with Crippen LogP contribution in [0.3, 0.4) is 0 Å². The molecule has 1 fully saturated rings. The van der Waals surface area contributed by atoms with Crippen molar-refractivity contribution in [2.75, 3.05) is 13.1 Å². The SMILES string of the molecule is O=C(c1ccncc1)N1CCC[C@H](c2nccn2Cc2ccncc2)C1. The summed E-state index contributed by atoms with van der Waals surface area (Å²) in [6, 6.07) is 7.58. The lowest BCUT2D eigenvalue weighted by molar-refractivity contribution is 0.0703. The number of likely N-dealkylation sites (tertiary alicyclic amines) is 1. The molecule has 3 aromatic rings. The molecule has 1 aliphatic rings. The van der Waals surface area contributed by atoms with Crippen molar-refractivity contribution in [3.8, 4) is 0 Å². The number of amides is 1. The Kier molecular flexibility index (Phi) is 4.73. The Morgan fingerprint density at radius 3 is 2.54 bits per heavy atom. The van der Waals surface area contributed by atoms with Gasteiger partial charge >= 0.3 is 0 Å². The lowest BCUT2D eigenvalue weighted by Crippen LogP contribution is -2.39. The van der Waals surface area contributed by atoms with Crippen LogP contribution < -0.4 is 0 Å². The van der Waals surface area contributed by atoms with E-state index in [9.17, 15) is 4.79 Å². The highest BCUT2D eigenvalue weighted by Crippen LogP contribution is 2.27. The second kappa shape index (κ2) is 7.47. The van der Waals surface area contributed by atoms with Gasteiger partial charge in [-0.2, -0.15) is 0 Å². The van der Waals surface area contributed by atoms with Gasteiger partial charge in [0.05, 0.1) is 0 Å². The Hall–Kier alpha value is -3.02. The molecule has 132 valence electrons. The molecule has 0 aliphatic carbocycles. The van der Waals surface area contributed by atoms with Crippen LogP contribution in [0.5, 0.6) is 0 Å². The lowest BCUT2D eigenvalue weighted by Gasteiger charge is -2.32. The van der Waals surface area contributed by atoms with E-state index in [1.54, 1.807) is 24.5 Å². The zero-order valence-corrected chi connectivity index (χ0v) is 14.5. The number of aromatic nitrogens is 4. The molecule has 3 aromatic heterocycles. The first-order chi connectivity index (χ1) is 12.8. The van der Waals surface area contributed by atoms with Crippen molar-refractivity contribution in [1.82, 2.24) is 24.4 Å². The molecule has 1 amide bonds. The fraction of sp³-hybridized carbons (Fsp3) is 0.300. The molecular weight excluding hydrogens is 326 g/mol. The van der Waals surface area contributed by atoms with Crippen LogP contribution in [0.2, 0.25) is 0 Å². The molecule has 6 heteroatoms. The van der Waals surface area contributed by atoms with E-state index in [1.165, 1.54) is 5.56 Å². The zero-order valence-electron chi connectivity index (χ0n) is 14.5. The third-order valence-electron chi connectivity index (χ3n) is 4.85. The summed E-state index contributed by atoms with van der Waals surface area (Å²) in [6.07, 6.45) is 12.8. The number of hydrogen-bond donors (Lipinski definition) is 0. The second-order valence-electron chi connectivity index (χ2n) is 6.60. The van der Waals surface area contributed by atoms with Gasteiger partial charge in [0, 0.05) is 68.3 Å².